The van der Waals surface area contributed by atoms with E-state index >= 15 is 0 Å². The lowest BCUT2D eigenvalue weighted by atomic mass is 9.81. The number of rotatable bonds is 2. The van der Waals surface area contributed by atoms with Gasteiger partial charge in [0.05, 0.1) is 35.2 Å². The quantitative estimate of drug-likeness (QED) is 0.169. The average molecular weight is 665 g/mol. The number of fused-ring (bicyclic) bond motifs is 13. The Morgan fingerprint density at radius 1 is 0.500 bits per heavy atom. The van der Waals surface area contributed by atoms with Crippen LogP contribution in [0.1, 0.15) is 25.0 Å². The van der Waals surface area contributed by atoms with Crippen LogP contribution in [0.2, 0.25) is 0 Å². The summed E-state index contributed by atoms with van der Waals surface area (Å²) in [5, 5.41) is 6.47. The Morgan fingerprint density at radius 2 is 1.10 bits per heavy atom. The summed E-state index contributed by atoms with van der Waals surface area (Å²) in [5.41, 5.74) is 14.3. The second-order valence-electron chi connectivity index (χ2n) is 14.3. The molecule has 0 spiro atoms. The fourth-order valence-electron chi connectivity index (χ4n) is 9.03. The molecule has 0 bridgehead atoms. The summed E-state index contributed by atoms with van der Waals surface area (Å²) in [6, 6.07) is 46.6. The fourth-order valence-corrected chi connectivity index (χ4v) is 9.03. The average Bonchev–Trinajstić information content (AvgIpc) is 3.89. The number of furan rings is 1. The third-order valence-electron chi connectivity index (χ3n) is 11.3. The van der Waals surface area contributed by atoms with Crippen molar-refractivity contribution in [1.82, 2.24) is 9.13 Å². The molecule has 0 radical (unpaired) electrons. The van der Waals surface area contributed by atoms with Gasteiger partial charge in [-0.25, -0.2) is 9.69 Å². The largest absolute Gasteiger partial charge is 0.456 e. The molecular formula is C47H28N4O. The molecule has 0 unspecified atom stereocenters. The van der Waals surface area contributed by atoms with Crippen LogP contribution in [0.3, 0.4) is 0 Å². The minimum absolute atomic E-state index is 0.223. The molecule has 0 N–H and O–H groups in total. The predicted octanol–water partition coefficient (Wildman–Crippen LogP) is 13.2. The Bertz CT molecular complexity index is 3300. The van der Waals surface area contributed by atoms with Crippen molar-refractivity contribution < 1.29 is 4.42 Å². The van der Waals surface area contributed by atoms with E-state index in [9.17, 15) is 0 Å². The molecule has 0 aliphatic heterocycles. The smallest absolute Gasteiger partial charge is 0.188 e. The molecule has 1 aliphatic carbocycles. The summed E-state index contributed by atoms with van der Waals surface area (Å²) >= 11 is 0. The second-order valence-corrected chi connectivity index (χ2v) is 14.3. The Kier molecular flexibility index (Phi) is 5.53. The number of nitrogens with zero attached hydrogens (tertiary/aromatic N) is 4. The van der Waals surface area contributed by atoms with E-state index in [2.05, 4.69) is 142 Å². The highest BCUT2D eigenvalue weighted by molar-refractivity contribution is 6.15. The molecule has 7 aromatic carbocycles. The van der Waals surface area contributed by atoms with Gasteiger partial charge in [0.2, 0.25) is 0 Å². The normalized spacial score (nSPS) is 13.3. The molecule has 3 heterocycles. The van der Waals surface area contributed by atoms with Crippen molar-refractivity contribution in [1.29, 1.82) is 0 Å². The molecule has 0 amide bonds. The fraction of sp³-hybridized carbons (Fsp3) is 0.0638. The summed E-state index contributed by atoms with van der Waals surface area (Å²) in [6.45, 7) is 20.1. The minimum atomic E-state index is -0.223. The number of hydrogen-bond donors (Lipinski definition) is 0. The molecule has 1 aliphatic rings. The van der Waals surface area contributed by atoms with Crippen LogP contribution in [0.4, 0.5) is 11.4 Å². The SMILES string of the molecule is [C-]#[N+]c1ccc2c(c1)c1ccccc1n2-c1ccc2oc3ccc(-n4c5ccc([N+]#[C-])cc5c5ccc6c(c54)C(C)(C)c4ccccc4-6)cc3c2c1. The van der Waals surface area contributed by atoms with Crippen LogP contribution in [-0.2, 0) is 5.41 Å². The molecule has 0 atom stereocenters. The highest BCUT2D eigenvalue weighted by atomic mass is 16.3. The van der Waals surface area contributed by atoms with Gasteiger partial charge in [-0.1, -0.05) is 80.6 Å². The van der Waals surface area contributed by atoms with E-state index in [1.165, 1.54) is 27.8 Å². The second kappa shape index (κ2) is 10.0. The maximum Gasteiger partial charge on any atom is 0.188 e. The van der Waals surface area contributed by atoms with Gasteiger partial charge < -0.3 is 13.6 Å². The van der Waals surface area contributed by atoms with Crippen molar-refractivity contribution in [3.05, 3.63) is 167 Å². The first-order valence-corrected chi connectivity index (χ1v) is 17.4. The molecule has 11 rings (SSSR count). The van der Waals surface area contributed by atoms with Gasteiger partial charge in [0.1, 0.15) is 11.2 Å². The zero-order chi connectivity index (χ0) is 34.9. The van der Waals surface area contributed by atoms with E-state index in [0.717, 1.165) is 71.4 Å². The van der Waals surface area contributed by atoms with Crippen molar-refractivity contribution in [2.24, 2.45) is 0 Å². The first-order chi connectivity index (χ1) is 25.4. The summed E-state index contributed by atoms with van der Waals surface area (Å²) in [4.78, 5) is 7.50. The molecule has 242 valence electrons. The van der Waals surface area contributed by atoms with Crippen molar-refractivity contribution in [3.63, 3.8) is 0 Å². The van der Waals surface area contributed by atoms with E-state index < -0.39 is 0 Å². The minimum Gasteiger partial charge on any atom is -0.456 e. The Morgan fingerprint density at radius 3 is 1.81 bits per heavy atom. The summed E-state index contributed by atoms with van der Waals surface area (Å²) in [6.07, 6.45) is 0. The lowest BCUT2D eigenvalue weighted by Gasteiger charge is -2.23. The molecule has 5 heteroatoms. The van der Waals surface area contributed by atoms with Crippen LogP contribution in [0.15, 0.2) is 138 Å². The molecule has 5 nitrogen and oxygen atoms in total. The molecule has 0 saturated carbocycles. The van der Waals surface area contributed by atoms with Crippen LogP contribution in [0.5, 0.6) is 0 Å². The molecule has 3 aromatic heterocycles. The molecule has 52 heavy (non-hydrogen) atoms. The summed E-state index contributed by atoms with van der Waals surface area (Å²) in [7, 11) is 0. The van der Waals surface area contributed by atoms with Crippen LogP contribution in [-0.4, -0.2) is 9.13 Å². The highest BCUT2D eigenvalue weighted by Gasteiger charge is 2.38. The first-order valence-electron chi connectivity index (χ1n) is 17.4. The topological polar surface area (TPSA) is 31.7 Å². The predicted molar refractivity (Wildman–Crippen MR) is 212 cm³/mol. The zero-order valence-corrected chi connectivity index (χ0v) is 28.4. The van der Waals surface area contributed by atoms with Crippen LogP contribution < -0.4 is 0 Å². The van der Waals surface area contributed by atoms with E-state index in [-0.39, 0.29) is 5.41 Å². The third kappa shape index (κ3) is 3.64. The van der Waals surface area contributed by atoms with Crippen LogP contribution in [0, 0.1) is 13.1 Å². The number of aromatic nitrogens is 2. The van der Waals surface area contributed by atoms with Gasteiger partial charge in [-0.05, 0) is 99.8 Å². The number of hydrogen-bond acceptors (Lipinski definition) is 1. The van der Waals surface area contributed by atoms with Gasteiger partial charge >= 0.3 is 0 Å². The van der Waals surface area contributed by atoms with E-state index in [0.29, 0.717) is 11.4 Å². The molecular weight excluding hydrogens is 637 g/mol. The summed E-state index contributed by atoms with van der Waals surface area (Å²) in [5.74, 6) is 0. The van der Waals surface area contributed by atoms with Crippen molar-refractivity contribution >= 4 is 76.9 Å². The molecule has 0 saturated heterocycles. The van der Waals surface area contributed by atoms with Crippen molar-refractivity contribution in [3.8, 4) is 22.5 Å². The summed E-state index contributed by atoms with van der Waals surface area (Å²) < 4.78 is 11.2. The van der Waals surface area contributed by atoms with Gasteiger partial charge in [-0.3, -0.25) is 0 Å². The monoisotopic (exact) mass is 664 g/mol. The lowest BCUT2D eigenvalue weighted by Crippen LogP contribution is -2.16. The van der Waals surface area contributed by atoms with Crippen molar-refractivity contribution in [2.75, 3.05) is 0 Å². The molecule has 10 aromatic rings. The standard InChI is InChI=1S/C47H28N4O/c1-47(2)39-11-7-5-9-31(39)33-17-18-34-36-24-28(49-4)14-20-42(36)51(46(34)45(33)47)30-16-22-44-38(26-30)37-25-29(15-21-43(37)52-44)50-40-12-8-6-10-32(40)35-23-27(48-3)13-19-41(35)50/h5-26H,1-2H3. The highest BCUT2D eigenvalue weighted by Crippen LogP contribution is 2.53. The number of benzene rings is 7. The third-order valence-corrected chi connectivity index (χ3v) is 11.3. The maximum atomic E-state index is 7.79. The zero-order valence-electron chi connectivity index (χ0n) is 28.4. The maximum absolute atomic E-state index is 7.79. The first kappa shape index (κ1) is 28.7. The van der Waals surface area contributed by atoms with E-state index in [1.807, 2.05) is 24.3 Å². The van der Waals surface area contributed by atoms with Gasteiger partial charge in [0.15, 0.2) is 11.4 Å². The van der Waals surface area contributed by atoms with Crippen molar-refractivity contribution in [2.45, 2.75) is 19.3 Å². The van der Waals surface area contributed by atoms with E-state index in [1.54, 1.807) is 0 Å². The molecule has 0 fully saturated rings. The van der Waals surface area contributed by atoms with Crippen LogP contribution >= 0.6 is 0 Å². The van der Waals surface area contributed by atoms with Gasteiger partial charge in [0.25, 0.3) is 0 Å². The number of para-hydroxylation sites is 1. The van der Waals surface area contributed by atoms with Gasteiger partial charge in [-0.2, -0.15) is 0 Å². The van der Waals surface area contributed by atoms with Crippen LogP contribution in [0.25, 0.3) is 97.7 Å². The lowest BCUT2D eigenvalue weighted by molar-refractivity contribution is 0.663. The van der Waals surface area contributed by atoms with Gasteiger partial charge in [0, 0.05) is 38.3 Å². The Balaban J connectivity index is 1.19. The Labute approximate surface area is 298 Å². The van der Waals surface area contributed by atoms with E-state index in [4.69, 9.17) is 17.6 Å². The van der Waals surface area contributed by atoms with Gasteiger partial charge in [-0.15, -0.1) is 0 Å². The Hall–Kier alpha value is -7.08.